The molecule has 1 N–H and O–H groups in total. The van der Waals surface area contributed by atoms with Gasteiger partial charge in [0, 0.05) is 18.7 Å². The summed E-state index contributed by atoms with van der Waals surface area (Å²) in [4.78, 5) is 13.0. The molecule has 2 heterocycles. The van der Waals surface area contributed by atoms with Gasteiger partial charge in [-0.05, 0) is 44.7 Å². The summed E-state index contributed by atoms with van der Waals surface area (Å²) in [6.07, 6.45) is 2.17. The Morgan fingerprint density at radius 3 is 2.71 bits per heavy atom. The van der Waals surface area contributed by atoms with Crippen LogP contribution in [0.25, 0.3) is 16.2 Å². The Balaban J connectivity index is 1.86. The van der Waals surface area contributed by atoms with E-state index in [9.17, 15) is 9.18 Å². The van der Waals surface area contributed by atoms with Crippen LogP contribution >= 0.6 is 23.3 Å². The topological polar surface area (TPSA) is 64.7 Å². The predicted octanol–water partition coefficient (Wildman–Crippen LogP) is 2.78. The number of rotatable bonds is 4. The molecule has 1 saturated carbocycles. The van der Waals surface area contributed by atoms with Crippen molar-refractivity contribution in [2.24, 2.45) is 7.05 Å². The first-order valence-corrected chi connectivity index (χ1v) is 9.17. The van der Waals surface area contributed by atoms with E-state index in [-0.39, 0.29) is 17.0 Å². The highest BCUT2D eigenvalue weighted by atomic mass is 32.2. The summed E-state index contributed by atoms with van der Waals surface area (Å²) in [6.45, 7) is 3.94. The SMILES string of the molecule is Cc1nnc(-n2c(=O)n(C)c3cc(F)c(SNC4(C)CC4)cc32)s1. The van der Waals surface area contributed by atoms with Crippen molar-refractivity contribution in [1.29, 1.82) is 0 Å². The van der Waals surface area contributed by atoms with Gasteiger partial charge in [0.05, 0.1) is 15.9 Å². The summed E-state index contributed by atoms with van der Waals surface area (Å²) < 4.78 is 20.6. The Bertz CT molecular complexity index is 1000. The zero-order chi connectivity index (χ0) is 17.1. The lowest BCUT2D eigenvalue weighted by Crippen LogP contribution is -2.20. The minimum Gasteiger partial charge on any atom is -0.295 e. The van der Waals surface area contributed by atoms with Crippen LogP contribution in [0.3, 0.4) is 0 Å². The van der Waals surface area contributed by atoms with Crippen molar-refractivity contribution in [1.82, 2.24) is 24.1 Å². The molecule has 0 saturated heterocycles. The number of nitrogens with one attached hydrogen (secondary N) is 1. The van der Waals surface area contributed by atoms with Crippen LogP contribution < -0.4 is 10.4 Å². The third-order valence-corrected chi connectivity index (χ3v) is 6.18. The van der Waals surface area contributed by atoms with Gasteiger partial charge in [0.2, 0.25) is 5.13 Å². The first kappa shape index (κ1) is 15.8. The molecule has 1 aliphatic rings. The second-order valence-corrected chi connectivity index (χ2v) is 8.32. The van der Waals surface area contributed by atoms with Gasteiger partial charge in [0.15, 0.2) is 0 Å². The summed E-state index contributed by atoms with van der Waals surface area (Å²) in [6, 6.07) is 3.10. The molecule has 0 spiro atoms. The Morgan fingerprint density at radius 1 is 1.33 bits per heavy atom. The molecule has 0 unspecified atom stereocenters. The Hall–Kier alpha value is -1.71. The van der Waals surface area contributed by atoms with Gasteiger partial charge in [-0.1, -0.05) is 11.3 Å². The first-order chi connectivity index (χ1) is 11.4. The third-order valence-electron chi connectivity index (χ3n) is 4.22. The molecule has 1 aromatic carbocycles. The number of halogens is 1. The molecule has 0 aliphatic heterocycles. The van der Waals surface area contributed by atoms with E-state index in [1.165, 1.54) is 38.5 Å². The highest BCUT2D eigenvalue weighted by molar-refractivity contribution is 7.97. The lowest BCUT2D eigenvalue weighted by Gasteiger charge is -2.11. The van der Waals surface area contributed by atoms with E-state index in [1.54, 1.807) is 13.1 Å². The summed E-state index contributed by atoms with van der Waals surface area (Å²) in [7, 11) is 1.63. The lowest BCUT2D eigenvalue weighted by molar-refractivity contribution is 0.601. The fourth-order valence-electron chi connectivity index (χ4n) is 2.44. The molecule has 0 atom stereocenters. The van der Waals surface area contributed by atoms with Crippen LogP contribution in [0.15, 0.2) is 21.8 Å². The number of fused-ring (bicyclic) bond motifs is 1. The van der Waals surface area contributed by atoms with Crippen LogP contribution in [0.2, 0.25) is 0 Å². The van der Waals surface area contributed by atoms with Crippen LogP contribution in [-0.2, 0) is 7.05 Å². The minimum absolute atomic E-state index is 0.0821. The van der Waals surface area contributed by atoms with Gasteiger partial charge in [0.1, 0.15) is 10.8 Å². The van der Waals surface area contributed by atoms with E-state index in [0.717, 1.165) is 17.8 Å². The standard InChI is InChI=1S/C15H16FN5OS2/c1-8-17-18-13(23-8)21-11-7-12(24-19-15(2)4-5-15)9(16)6-10(11)20(3)14(21)22/h6-7,19H,4-5H2,1-3H3. The molecule has 2 aromatic heterocycles. The molecule has 0 bridgehead atoms. The van der Waals surface area contributed by atoms with E-state index in [2.05, 4.69) is 21.8 Å². The molecule has 24 heavy (non-hydrogen) atoms. The maximum Gasteiger partial charge on any atom is 0.335 e. The van der Waals surface area contributed by atoms with E-state index < -0.39 is 0 Å². The number of aryl methyl sites for hydroxylation is 2. The van der Waals surface area contributed by atoms with E-state index in [0.29, 0.717) is 21.1 Å². The second kappa shape index (κ2) is 5.40. The minimum atomic E-state index is -0.342. The van der Waals surface area contributed by atoms with Crippen molar-refractivity contribution in [3.05, 3.63) is 33.4 Å². The number of hydrogen-bond acceptors (Lipinski definition) is 6. The molecular weight excluding hydrogens is 349 g/mol. The normalized spacial score (nSPS) is 16.0. The molecule has 0 radical (unpaired) electrons. The third kappa shape index (κ3) is 2.56. The molecule has 126 valence electrons. The van der Waals surface area contributed by atoms with Gasteiger partial charge in [0.25, 0.3) is 0 Å². The fraction of sp³-hybridized carbons (Fsp3) is 0.400. The van der Waals surface area contributed by atoms with Crippen molar-refractivity contribution in [2.75, 3.05) is 0 Å². The second-order valence-electron chi connectivity index (χ2n) is 6.32. The van der Waals surface area contributed by atoms with Gasteiger partial charge in [-0.2, -0.15) is 0 Å². The average molecular weight is 365 g/mol. The van der Waals surface area contributed by atoms with Crippen molar-refractivity contribution in [3.8, 4) is 5.13 Å². The molecule has 9 heteroatoms. The molecule has 4 rings (SSSR count). The highest BCUT2D eigenvalue weighted by Crippen LogP contribution is 2.38. The zero-order valence-corrected chi connectivity index (χ0v) is 15.1. The average Bonchev–Trinajstić information content (AvgIpc) is 3.05. The van der Waals surface area contributed by atoms with Gasteiger partial charge in [-0.15, -0.1) is 10.2 Å². The maximum atomic E-state index is 14.4. The van der Waals surface area contributed by atoms with E-state index in [1.807, 2.05) is 6.92 Å². The van der Waals surface area contributed by atoms with Crippen LogP contribution in [0, 0.1) is 12.7 Å². The molecule has 1 fully saturated rings. The quantitative estimate of drug-likeness (QED) is 0.720. The molecule has 1 aliphatic carbocycles. The van der Waals surface area contributed by atoms with Gasteiger partial charge in [-0.3, -0.25) is 9.29 Å². The largest absolute Gasteiger partial charge is 0.335 e. The van der Waals surface area contributed by atoms with Crippen LogP contribution in [0.4, 0.5) is 4.39 Å². The summed E-state index contributed by atoms with van der Waals surface area (Å²) in [5.74, 6) is -0.342. The first-order valence-electron chi connectivity index (χ1n) is 7.53. The maximum absolute atomic E-state index is 14.4. The van der Waals surface area contributed by atoms with Gasteiger partial charge < -0.3 is 0 Å². The van der Waals surface area contributed by atoms with Gasteiger partial charge in [-0.25, -0.2) is 13.8 Å². The summed E-state index contributed by atoms with van der Waals surface area (Å²) in [5.41, 5.74) is 0.987. The van der Waals surface area contributed by atoms with Crippen molar-refractivity contribution >= 4 is 34.3 Å². The Morgan fingerprint density at radius 2 is 2.08 bits per heavy atom. The summed E-state index contributed by atoms with van der Waals surface area (Å²) >= 11 is 2.61. The van der Waals surface area contributed by atoms with Crippen molar-refractivity contribution < 1.29 is 4.39 Å². The van der Waals surface area contributed by atoms with Crippen LogP contribution in [-0.4, -0.2) is 24.9 Å². The number of aromatic nitrogens is 4. The van der Waals surface area contributed by atoms with Gasteiger partial charge >= 0.3 is 5.69 Å². The monoisotopic (exact) mass is 365 g/mol. The molecule has 0 amide bonds. The smallest absolute Gasteiger partial charge is 0.295 e. The molecular formula is C15H16FN5OS2. The number of hydrogen-bond donors (Lipinski definition) is 1. The van der Waals surface area contributed by atoms with Crippen molar-refractivity contribution in [3.63, 3.8) is 0 Å². The fourth-order valence-corrected chi connectivity index (χ4v) is 4.03. The van der Waals surface area contributed by atoms with Crippen molar-refractivity contribution in [2.45, 2.75) is 37.1 Å². The van der Waals surface area contributed by atoms with Crippen LogP contribution in [0.5, 0.6) is 0 Å². The number of nitrogens with zero attached hydrogens (tertiary/aromatic N) is 4. The Kier molecular flexibility index (Phi) is 3.55. The van der Waals surface area contributed by atoms with E-state index >= 15 is 0 Å². The van der Waals surface area contributed by atoms with Crippen LogP contribution in [0.1, 0.15) is 24.8 Å². The molecule has 6 nitrogen and oxygen atoms in total. The van der Waals surface area contributed by atoms with E-state index in [4.69, 9.17) is 0 Å². The predicted molar refractivity (Wildman–Crippen MR) is 93.3 cm³/mol. The number of imidazole rings is 1. The lowest BCUT2D eigenvalue weighted by atomic mass is 10.3. The Labute approximate surface area is 145 Å². The zero-order valence-electron chi connectivity index (χ0n) is 13.5. The molecule has 3 aromatic rings. The number of benzene rings is 1. The highest BCUT2D eigenvalue weighted by Gasteiger charge is 2.37. The summed E-state index contributed by atoms with van der Waals surface area (Å²) in [5, 5.41) is 9.30.